The third-order valence-corrected chi connectivity index (χ3v) is 5.67. The Bertz CT molecular complexity index is 1340. The first-order valence-electron chi connectivity index (χ1n) is 10.8. The lowest BCUT2D eigenvalue weighted by atomic mass is 10.0. The quantitative estimate of drug-likeness (QED) is 0.438. The van der Waals surface area contributed by atoms with Gasteiger partial charge in [0.1, 0.15) is 5.76 Å². The highest BCUT2D eigenvalue weighted by atomic mass is 16.5. The monoisotopic (exact) mass is 438 g/mol. The summed E-state index contributed by atoms with van der Waals surface area (Å²) in [5, 5.41) is 3.51. The van der Waals surface area contributed by atoms with Crippen molar-refractivity contribution in [3.8, 4) is 0 Å². The van der Waals surface area contributed by atoms with E-state index in [1.807, 2.05) is 72.8 Å². The van der Waals surface area contributed by atoms with Gasteiger partial charge in [-0.2, -0.15) is 0 Å². The highest BCUT2D eigenvalue weighted by molar-refractivity contribution is 6.07. The average Bonchev–Trinajstić information content (AvgIpc) is 3.51. The standard InChI is InChI=1S/C27H22N2O4/c30-24(28-16-18-7-2-1-3-8-18)17-33-27(31)25-21-10-4-5-11-23(21)29-26-19(12-13-22(25)26)15-20-9-6-14-32-20/h1-11,14-15H,12-13,16-17H2,(H,28,30)/b19-15+. The van der Waals surface area contributed by atoms with Gasteiger partial charge in [0.25, 0.3) is 5.91 Å². The number of furan rings is 1. The van der Waals surface area contributed by atoms with Gasteiger partial charge in [-0.1, -0.05) is 48.5 Å². The van der Waals surface area contributed by atoms with E-state index >= 15 is 0 Å². The molecular weight excluding hydrogens is 416 g/mol. The van der Waals surface area contributed by atoms with Gasteiger partial charge in [-0.25, -0.2) is 9.78 Å². The number of para-hydroxylation sites is 1. The summed E-state index contributed by atoms with van der Waals surface area (Å²) in [4.78, 5) is 30.2. The zero-order valence-electron chi connectivity index (χ0n) is 17.9. The molecule has 1 aliphatic rings. The number of carbonyl (C=O) groups excluding carboxylic acids is 2. The molecule has 0 atom stereocenters. The third kappa shape index (κ3) is 4.41. The van der Waals surface area contributed by atoms with Crippen molar-refractivity contribution in [2.24, 2.45) is 0 Å². The fraction of sp³-hybridized carbons (Fsp3) is 0.148. The van der Waals surface area contributed by atoms with E-state index in [9.17, 15) is 9.59 Å². The molecule has 5 rings (SSSR count). The minimum Gasteiger partial charge on any atom is -0.465 e. The second-order valence-electron chi connectivity index (χ2n) is 7.85. The van der Waals surface area contributed by atoms with Crippen LogP contribution in [0.25, 0.3) is 22.6 Å². The molecule has 0 spiro atoms. The van der Waals surface area contributed by atoms with Gasteiger partial charge in [0.15, 0.2) is 6.61 Å². The topological polar surface area (TPSA) is 81.4 Å². The molecular formula is C27H22N2O4. The Kier molecular flexibility index (Phi) is 5.72. The van der Waals surface area contributed by atoms with Crippen molar-refractivity contribution in [3.63, 3.8) is 0 Å². The zero-order valence-corrected chi connectivity index (χ0v) is 17.9. The molecule has 1 N–H and O–H groups in total. The van der Waals surface area contributed by atoms with E-state index in [1.54, 1.807) is 6.26 Å². The molecule has 6 nitrogen and oxygen atoms in total. The number of benzene rings is 2. The number of hydrogen-bond donors (Lipinski definition) is 1. The van der Waals surface area contributed by atoms with E-state index in [0.29, 0.717) is 24.0 Å². The number of pyridine rings is 1. The number of ether oxygens (including phenoxy) is 1. The average molecular weight is 438 g/mol. The van der Waals surface area contributed by atoms with Crippen LogP contribution >= 0.6 is 0 Å². The van der Waals surface area contributed by atoms with Gasteiger partial charge in [0.2, 0.25) is 0 Å². The van der Waals surface area contributed by atoms with Gasteiger partial charge in [-0.05, 0) is 53.8 Å². The number of hydrogen-bond acceptors (Lipinski definition) is 5. The highest BCUT2D eigenvalue weighted by Gasteiger charge is 2.28. The molecule has 0 radical (unpaired) electrons. The van der Waals surface area contributed by atoms with Crippen molar-refractivity contribution in [2.45, 2.75) is 19.4 Å². The Labute approximate surface area is 190 Å². The van der Waals surface area contributed by atoms with Crippen LogP contribution in [0.3, 0.4) is 0 Å². The summed E-state index contributed by atoms with van der Waals surface area (Å²) in [5.41, 5.74) is 4.82. The fourth-order valence-corrected chi connectivity index (χ4v) is 4.11. The first kappa shape index (κ1) is 20.7. The smallest absolute Gasteiger partial charge is 0.339 e. The van der Waals surface area contributed by atoms with E-state index in [0.717, 1.165) is 40.0 Å². The first-order valence-corrected chi connectivity index (χ1v) is 10.8. The Morgan fingerprint density at radius 2 is 1.82 bits per heavy atom. The number of carbonyl (C=O) groups is 2. The van der Waals surface area contributed by atoms with Crippen LogP contribution in [0.1, 0.15) is 39.4 Å². The SMILES string of the molecule is O=C(COC(=O)c1c2c(nc3ccccc13)/C(=C/c1ccco1)CC2)NCc1ccccc1. The Morgan fingerprint density at radius 3 is 2.64 bits per heavy atom. The molecule has 33 heavy (non-hydrogen) atoms. The van der Waals surface area contributed by atoms with E-state index in [2.05, 4.69) is 5.32 Å². The van der Waals surface area contributed by atoms with Crippen molar-refractivity contribution in [2.75, 3.05) is 6.61 Å². The van der Waals surface area contributed by atoms with Crippen LogP contribution in [-0.2, 0) is 22.5 Å². The molecule has 2 heterocycles. The Hall–Kier alpha value is -4.19. The van der Waals surface area contributed by atoms with Gasteiger partial charge in [0, 0.05) is 11.9 Å². The summed E-state index contributed by atoms with van der Waals surface area (Å²) < 4.78 is 10.9. The molecule has 4 aromatic rings. The molecule has 2 aromatic carbocycles. The largest absolute Gasteiger partial charge is 0.465 e. The summed E-state index contributed by atoms with van der Waals surface area (Å²) in [6.45, 7) is 0.0396. The third-order valence-electron chi connectivity index (χ3n) is 5.67. The number of allylic oxidation sites excluding steroid dienone is 1. The maximum Gasteiger partial charge on any atom is 0.339 e. The Balaban J connectivity index is 1.38. The van der Waals surface area contributed by atoms with Crippen LogP contribution in [0.2, 0.25) is 0 Å². The molecule has 0 fully saturated rings. The molecule has 2 aromatic heterocycles. The van der Waals surface area contributed by atoms with Gasteiger partial charge in [-0.3, -0.25) is 4.79 Å². The van der Waals surface area contributed by atoms with Crippen LogP contribution in [0.4, 0.5) is 0 Å². The normalized spacial score (nSPS) is 13.8. The van der Waals surface area contributed by atoms with Crippen molar-refractivity contribution in [1.29, 1.82) is 0 Å². The molecule has 0 bridgehead atoms. The van der Waals surface area contributed by atoms with Crippen LogP contribution in [-0.4, -0.2) is 23.5 Å². The molecule has 6 heteroatoms. The van der Waals surface area contributed by atoms with Crippen LogP contribution in [0.5, 0.6) is 0 Å². The molecule has 1 amide bonds. The number of nitrogens with one attached hydrogen (secondary N) is 1. The number of nitrogens with zero attached hydrogens (tertiary/aromatic N) is 1. The fourth-order valence-electron chi connectivity index (χ4n) is 4.11. The van der Waals surface area contributed by atoms with Crippen LogP contribution < -0.4 is 5.32 Å². The Morgan fingerprint density at radius 1 is 1.00 bits per heavy atom. The van der Waals surface area contributed by atoms with Crippen LogP contribution in [0, 0.1) is 0 Å². The van der Waals surface area contributed by atoms with Crippen molar-refractivity contribution >= 4 is 34.4 Å². The van der Waals surface area contributed by atoms with E-state index < -0.39 is 5.97 Å². The van der Waals surface area contributed by atoms with Gasteiger partial charge < -0.3 is 14.5 Å². The number of aromatic nitrogens is 1. The molecule has 0 aliphatic heterocycles. The summed E-state index contributed by atoms with van der Waals surface area (Å²) in [6.07, 6.45) is 5.00. The van der Waals surface area contributed by atoms with Gasteiger partial charge >= 0.3 is 5.97 Å². The molecule has 1 aliphatic carbocycles. The lowest BCUT2D eigenvalue weighted by Crippen LogP contribution is -2.28. The number of rotatable bonds is 6. The minimum absolute atomic E-state index is 0.341. The molecule has 0 saturated carbocycles. The lowest BCUT2D eigenvalue weighted by molar-refractivity contribution is -0.124. The number of esters is 1. The second-order valence-corrected chi connectivity index (χ2v) is 7.85. The summed E-state index contributed by atoms with van der Waals surface area (Å²) >= 11 is 0. The van der Waals surface area contributed by atoms with Gasteiger partial charge in [0.05, 0.1) is 23.0 Å². The first-order chi connectivity index (χ1) is 16.2. The summed E-state index contributed by atoms with van der Waals surface area (Å²) in [6, 6.07) is 20.8. The molecule has 0 unspecified atom stereocenters. The zero-order chi connectivity index (χ0) is 22.6. The molecule has 164 valence electrons. The maximum atomic E-state index is 13.2. The van der Waals surface area contributed by atoms with E-state index in [4.69, 9.17) is 14.1 Å². The van der Waals surface area contributed by atoms with Crippen molar-refractivity contribution < 1.29 is 18.7 Å². The van der Waals surface area contributed by atoms with E-state index in [-0.39, 0.29) is 12.5 Å². The summed E-state index contributed by atoms with van der Waals surface area (Å²) in [7, 11) is 0. The molecule has 0 saturated heterocycles. The predicted molar refractivity (Wildman–Crippen MR) is 125 cm³/mol. The minimum atomic E-state index is -0.515. The second kappa shape index (κ2) is 9.12. The lowest BCUT2D eigenvalue weighted by Gasteiger charge is -2.12. The number of fused-ring (bicyclic) bond motifs is 2. The van der Waals surface area contributed by atoms with Gasteiger partial charge in [-0.15, -0.1) is 0 Å². The van der Waals surface area contributed by atoms with E-state index in [1.165, 1.54) is 0 Å². The van der Waals surface area contributed by atoms with Crippen molar-refractivity contribution in [1.82, 2.24) is 10.3 Å². The van der Waals surface area contributed by atoms with Crippen LogP contribution in [0.15, 0.2) is 77.4 Å². The highest BCUT2D eigenvalue weighted by Crippen LogP contribution is 2.37. The van der Waals surface area contributed by atoms with Crippen molar-refractivity contribution in [3.05, 3.63) is 101 Å². The summed E-state index contributed by atoms with van der Waals surface area (Å²) in [5.74, 6) is -0.119. The number of amides is 1. The maximum absolute atomic E-state index is 13.2. The predicted octanol–water partition coefficient (Wildman–Crippen LogP) is 4.79.